The number of allylic oxidation sites excluding steroid dienone is 3. The minimum atomic E-state index is -1.61. The Kier molecular flexibility index (Phi) is 53.9. The average molecular weight is 1120 g/mol. The lowest BCUT2D eigenvalue weighted by Crippen LogP contribution is -2.61. The standard InChI is InChI=1S/C68H129NO10/c1-4-7-10-13-16-19-22-24-26-28-30-32-33-35-37-40-43-46-49-52-55-61(72)67(76)69-59(60(71)54-51-48-45-42-39-21-18-15-12-9-6-3)58-77-68-66(65(75)64(74)62(57-70)78-68)79-63(73)56-53-50-47-44-41-38-36-34-31-29-27-25-23-20-17-14-11-8-5-2/h24,26,51,54,59-62,64-66,68,70-72,74-75H,4-23,25,27-50,52-53,55-58H2,1-3H3,(H,69,76)/b26-24+,54-51+. The number of esters is 1. The molecule has 0 bridgehead atoms. The van der Waals surface area contributed by atoms with Crippen LogP contribution in [0.1, 0.15) is 335 Å². The Morgan fingerprint density at radius 1 is 0.481 bits per heavy atom. The minimum absolute atomic E-state index is 0.130. The number of aliphatic hydroxyl groups excluding tert-OH is 5. The molecule has 0 saturated carbocycles. The van der Waals surface area contributed by atoms with E-state index in [1.165, 1.54) is 231 Å². The first kappa shape index (κ1) is 75.2. The third-order valence-electron chi connectivity index (χ3n) is 16.4. The van der Waals surface area contributed by atoms with Crippen molar-refractivity contribution in [3.8, 4) is 0 Å². The molecule has 1 heterocycles. The first-order valence-electron chi connectivity index (χ1n) is 34.1. The zero-order chi connectivity index (χ0) is 57.5. The first-order valence-corrected chi connectivity index (χ1v) is 34.1. The maximum Gasteiger partial charge on any atom is 0.306 e. The second kappa shape index (κ2) is 56.6. The number of hydrogen-bond acceptors (Lipinski definition) is 10. The van der Waals surface area contributed by atoms with E-state index in [2.05, 4.69) is 38.2 Å². The van der Waals surface area contributed by atoms with Crippen molar-refractivity contribution in [3.63, 3.8) is 0 Å². The van der Waals surface area contributed by atoms with E-state index in [9.17, 15) is 35.1 Å². The zero-order valence-electron chi connectivity index (χ0n) is 51.8. The molecular formula is C68H129NO10. The molecule has 0 aromatic rings. The molecule has 466 valence electrons. The molecule has 0 spiro atoms. The molecule has 0 aromatic carbocycles. The number of carbonyl (C=O) groups excluding carboxylic acids is 2. The van der Waals surface area contributed by atoms with Gasteiger partial charge in [0.2, 0.25) is 5.91 Å². The van der Waals surface area contributed by atoms with Gasteiger partial charge in [-0.05, 0) is 51.4 Å². The third-order valence-corrected chi connectivity index (χ3v) is 16.4. The maximum atomic E-state index is 13.4. The topological polar surface area (TPSA) is 175 Å². The van der Waals surface area contributed by atoms with Gasteiger partial charge in [0.15, 0.2) is 12.4 Å². The van der Waals surface area contributed by atoms with Crippen LogP contribution in [0.15, 0.2) is 24.3 Å². The highest BCUT2D eigenvalue weighted by atomic mass is 16.7. The van der Waals surface area contributed by atoms with Crippen LogP contribution in [0.25, 0.3) is 0 Å². The molecule has 0 radical (unpaired) electrons. The fraction of sp³-hybridized carbons (Fsp3) is 0.912. The number of rotatable bonds is 59. The molecule has 79 heavy (non-hydrogen) atoms. The van der Waals surface area contributed by atoms with E-state index < -0.39 is 67.4 Å². The van der Waals surface area contributed by atoms with E-state index in [0.29, 0.717) is 19.3 Å². The Labute approximate surface area is 486 Å². The van der Waals surface area contributed by atoms with Crippen molar-refractivity contribution in [2.75, 3.05) is 13.2 Å². The van der Waals surface area contributed by atoms with Crippen molar-refractivity contribution < 1.29 is 49.3 Å². The molecule has 11 heteroatoms. The quantitative estimate of drug-likeness (QED) is 0.0195. The molecule has 1 fully saturated rings. The minimum Gasteiger partial charge on any atom is -0.454 e. The Morgan fingerprint density at radius 3 is 1.23 bits per heavy atom. The van der Waals surface area contributed by atoms with Gasteiger partial charge in [-0.1, -0.05) is 302 Å². The molecule has 1 aliphatic rings. The highest BCUT2D eigenvalue weighted by molar-refractivity contribution is 5.80. The van der Waals surface area contributed by atoms with E-state index in [1.807, 2.05) is 6.08 Å². The largest absolute Gasteiger partial charge is 0.454 e. The fourth-order valence-corrected chi connectivity index (χ4v) is 10.9. The summed E-state index contributed by atoms with van der Waals surface area (Å²) in [5.74, 6) is -1.18. The van der Waals surface area contributed by atoms with Crippen LogP contribution in [0.5, 0.6) is 0 Å². The van der Waals surface area contributed by atoms with Gasteiger partial charge < -0.3 is 45.1 Å². The highest BCUT2D eigenvalue weighted by Gasteiger charge is 2.47. The van der Waals surface area contributed by atoms with Crippen LogP contribution in [-0.4, -0.2) is 99.6 Å². The monoisotopic (exact) mass is 1120 g/mol. The van der Waals surface area contributed by atoms with Crippen molar-refractivity contribution in [3.05, 3.63) is 24.3 Å². The Morgan fingerprint density at radius 2 is 0.835 bits per heavy atom. The molecule has 1 saturated heterocycles. The molecule has 0 aliphatic carbocycles. The summed E-state index contributed by atoms with van der Waals surface area (Å²) in [6, 6.07) is -1.02. The van der Waals surface area contributed by atoms with Gasteiger partial charge in [-0.2, -0.15) is 0 Å². The van der Waals surface area contributed by atoms with Crippen LogP contribution < -0.4 is 5.32 Å². The summed E-state index contributed by atoms with van der Waals surface area (Å²) in [5, 5.41) is 57.1. The predicted molar refractivity (Wildman–Crippen MR) is 329 cm³/mol. The normalized spacial score (nSPS) is 18.9. The van der Waals surface area contributed by atoms with Gasteiger partial charge in [-0.25, -0.2) is 0 Å². The van der Waals surface area contributed by atoms with Gasteiger partial charge in [0.05, 0.1) is 25.4 Å². The number of amides is 1. The van der Waals surface area contributed by atoms with Crippen molar-refractivity contribution in [1.82, 2.24) is 5.32 Å². The molecule has 1 amide bonds. The molecular weight excluding hydrogens is 991 g/mol. The average Bonchev–Trinajstić information content (AvgIpc) is 3.45. The molecule has 8 unspecified atom stereocenters. The lowest BCUT2D eigenvalue weighted by Gasteiger charge is -2.41. The van der Waals surface area contributed by atoms with Crippen molar-refractivity contribution in [1.29, 1.82) is 0 Å². The predicted octanol–water partition coefficient (Wildman–Crippen LogP) is 16.8. The Hall–Kier alpha value is -1.86. The van der Waals surface area contributed by atoms with Crippen LogP contribution in [0.3, 0.4) is 0 Å². The molecule has 8 atom stereocenters. The highest BCUT2D eigenvalue weighted by Crippen LogP contribution is 2.26. The van der Waals surface area contributed by atoms with Crippen LogP contribution >= 0.6 is 0 Å². The van der Waals surface area contributed by atoms with Crippen LogP contribution in [0.4, 0.5) is 0 Å². The zero-order valence-corrected chi connectivity index (χ0v) is 51.8. The van der Waals surface area contributed by atoms with E-state index in [0.717, 1.165) is 57.8 Å². The Bertz CT molecular complexity index is 1380. The van der Waals surface area contributed by atoms with Gasteiger partial charge in [-0.15, -0.1) is 0 Å². The Balaban J connectivity index is 2.59. The maximum absolute atomic E-state index is 13.4. The SMILES string of the molecule is CCCCCCCC/C=C/CCCCCCCCCCCCC(O)C(=O)NC(COC1OC(CO)C(O)C(O)C1OC(=O)CCCCCCCCCCCCCCCCCCCCC)C(O)/C=C/CCCCCCCCCCC. The van der Waals surface area contributed by atoms with Gasteiger partial charge in [0, 0.05) is 6.42 Å². The summed E-state index contributed by atoms with van der Waals surface area (Å²) in [5.41, 5.74) is 0. The van der Waals surface area contributed by atoms with Crippen molar-refractivity contribution >= 4 is 11.9 Å². The summed E-state index contributed by atoms with van der Waals surface area (Å²) in [6.07, 6.45) is 56.5. The smallest absolute Gasteiger partial charge is 0.306 e. The number of unbranched alkanes of at least 4 members (excludes halogenated alkanes) is 43. The number of ether oxygens (including phenoxy) is 3. The lowest BCUT2D eigenvalue weighted by molar-refractivity contribution is -0.305. The van der Waals surface area contributed by atoms with Crippen LogP contribution in [0.2, 0.25) is 0 Å². The lowest BCUT2D eigenvalue weighted by atomic mass is 9.99. The summed E-state index contributed by atoms with van der Waals surface area (Å²) < 4.78 is 17.7. The van der Waals surface area contributed by atoms with Crippen LogP contribution in [0, 0.1) is 0 Å². The summed E-state index contributed by atoms with van der Waals surface area (Å²) in [4.78, 5) is 26.6. The second-order valence-corrected chi connectivity index (χ2v) is 23.9. The number of aliphatic hydroxyl groups is 5. The fourth-order valence-electron chi connectivity index (χ4n) is 10.9. The molecule has 11 nitrogen and oxygen atoms in total. The van der Waals surface area contributed by atoms with Gasteiger partial charge >= 0.3 is 5.97 Å². The number of hydrogen-bond donors (Lipinski definition) is 6. The van der Waals surface area contributed by atoms with E-state index >= 15 is 0 Å². The first-order chi connectivity index (χ1) is 38.7. The van der Waals surface area contributed by atoms with Crippen molar-refractivity contribution in [2.24, 2.45) is 0 Å². The van der Waals surface area contributed by atoms with Crippen molar-refractivity contribution in [2.45, 2.75) is 384 Å². The van der Waals surface area contributed by atoms with E-state index in [-0.39, 0.29) is 13.0 Å². The van der Waals surface area contributed by atoms with E-state index in [4.69, 9.17) is 14.2 Å². The molecule has 1 rings (SSSR count). The number of nitrogens with one attached hydrogen (secondary N) is 1. The van der Waals surface area contributed by atoms with Gasteiger partial charge in [-0.3, -0.25) is 9.59 Å². The molecule has 6 N–H and O–H groups in total. The second-order valence-electron chi connectivity index (χ2n) is 23.9. The van der Waals surface area contributed by atoms with E-state index in [1.54, 1.807) is 6.08 Å². The summed E-state index contributed by atoms with van der Waals surface area (Å²) in [6.45, 7) is 5.83. The molecule has 1 aliphatic heterocycles. The summed E-state index contributed by atoms with van der Waals surface area (Å²) in [7, 11) is 0. The number of carbonyl (C=O) groups is 2. The molecule has 0 aromatic heterocycles. The summed E-state index contributed by atoms with van der Waals surface area (Å²) >= 11 is 0. The third kappa shape index (κ3) is 44.4. The van der Waals surface area contributed by atoms with Gasteiger partial charge in [0.25, 0.3) is 0 Å². The van der Waals surface area contributed by atoms with Crippen LogP contribution in [-0.2, 0) is 23.8 Å². The van der Waals surface area contributed by atoms with Gasteiger partial charge in [0.1, 0.15) is 24.4 Å².